The predicted octanol–water partition coefficient (Wildman–Crippen LogP) is 7.07. The van der Waals surface area contributed by atoms with E-state index in [1.54, 1.807) is 61.9 Å². The van der Waals surface area contributed by atoms with Gasteiger partial charge in [0.1, 0.15) is 11.5 Å². The van der Waals surface area contributed by atoms with Gasteiger partial charge in [0.25, 0.3) is 0 Å². The topological polar surface area (TPSA) is 77.0 Å². The smallest absolute Gasteiger partial charge is 0.343 e. The number of esters is 1. The van der Waals surface area contributed by atoms with Gasteiger partial charge in [0.05, 0.1) is 18.9 Å². The van der Waals surface area contributed by atoms with Crippen LogP contribution in [0.5, 0.6) is 11.5 Å². The fourth-order valence-electron chi connectivity index (χ4n) is 3.70. The SMILES string of the molecule is CCCCCCCCCCCCCC(=O)NN=Cc1ccc(OC(=O)c2ccc(OC)cc2)cc1. The molecule has 0 radical (unpaired) electrons. The lowest BCUT2D eigenvalue weighted by Gasteiger charge is -2.05. The van der Waals surface area contributed by atoms with Gasteiger partial charge in [-0.05, 0) is 60.5 Å². The first-order valence-corrected chi connectivity index (χ1v) is 12.9. The number of hydrogen-bond acceptors (Lipinski definition) is 5. The molecule has 190 valence electrons. The van der Waals surface area contributed by atoms with Crippen molar-refractivity contribution in [3.8, 4) is 11.5 Å². The molecular weight excluding hydrogens is 440 g/mol. The van der Waals surface area contributed by atoms with Crippen LogP contribution in [0.3, 0.4) is 0 Å². The van der Waals surface area contributed by atoms with Crippen molar-refractivity contribution < 1.29 is 19.1 Å². The minimum atomic E-state index is -0.441. The molecule has 1 amide bonds. The molecule has 0 spiro atoms. The average molecular weight is 481 g/mol. The lowest BCUT2D eigenvalue weighted by atomic mass is 10.1. The number of hydrazone groups is 1. The Morgan fingerprint density at radius 2 is 1.31 bits per heavy atom. The number of carbonyl (C=O) groups is 2. The lowest BCUT2D eigenvalue weighted by Crippen LogP contribution is -2.16. The van der Waals surface area contributed by atoms with Gasteiger partial charge in [0.2, 0.25) is 5.91 Å². The number of amides is 1. The number of nitrogens with zero attached hydrogens (tertiary/aromatic N) is 1. The summed E-state index contributed by atoms with van der Waals surface area (Å²) in [6, 6.07) is 13.7. The monoisotopic (exact) mass is 480 g/mol. The molecule has 2 aromatic rings. The minimum absolute atomic E-state index is 0.0674. The summed E-state index contributed by atoms with van der Waals surface area (Å²) in [4.78, 5) is 24.2. The van der Waals surface area contributed by atoms with Crippen LogP contribution in [-0.4, -0.2) is 25.2 Å². The summed E-state index contributed by atoms with van der Waals surface area (Å²) in [6.07, 6.45) is 15.9. The first-order valence-electron chi connectivity index (χ1n) is 12.9. The molecule has 0 bridgehead atoms. The summed E-state index contributed by atoms with van der Waals surface area (Å²) >= 11 is 0. The maximum Gasteiger partial charge on any atom is 0.343 e. The van der Waals surface area contributed by atoms with Gasteiger partial charge in [-0.2, -0.15) is 5.10 Å². The molecule has 0 fully saturated rings. The molecule has 0 aliphatic rings. The number of benzene rings is 2. The highest BCUT2D eigenvalue weighted by Crippen LogP contribution is 2.16. The van der Waals surface area contributed by atoms with Crippen LogP contribution >= 0.6 is 0 Å². The third-order valence-electron chi connectivity index (χ3n) is 5.83. The molecule has 0 atom stereocenters. The number of methoxy groups -OCH3 is 1. The van der Waals surface area contributed by atoms with Crippen molar-refractivity contribution in [2.24, 2.45) is 5.10 Å². The molecule has 0 aliphatic heterocycles. The van der Waals surface area contributed by atoms with E-state index in [1.807, 2.05) is 0 Å². The predicted molar refractivity (Wildman–Crippen MR) is 141 cm³/mol. The molecule has 35 heavy (non-hydrogen) atoms. The zero-order valence-corrected chi connectivity index (χ0v) is 21.3. The standard InChI is InChI=1S/C29H40N2O4/c1-3-4-5-6-7-8-9-10-11-12-13-14-28(32)31-30-23-24-15-19-27(20-16-24)35-29(33)25-17-21-26(34-2)22-18-25/h15-23H,3-14H2,1-2H3,(H,31,32). The summed E-state index contributed by atoms with van der Waals surface area (Å²) in [5.74, 6) is 0.602. The van der Waals surface area contributed by atoms with Crippen molar-refractivity contribution in [1.29, 1.82) is 0 Å². The second-order valence-corrected chi connectivity index (χ2v) is 8.77. The average Bonchev–Trinajstić information content (AvgIpc) is 2.88. The van der Waals surface area contributed by atoms with Gasteiger partial charge in [0, 0.05) is 6.42 Å². The third-order valence-corrected chi connectivity index (χ3v) is 5.83. The Balaban J connectivity index is 1.57. The van der Waals surface area contributed by atoms with E-state index in [2.05, 4.69) is 17.5 Å². The molecule has 2 aromatic carbocycles. The van der Waals surface area contributed by atoms with Crippen LogP contribution in [0.4, 0.5) is 0 Å². The summed E-state index contributed by atoms with van der Waals surface area (Å²) in [5, 5.41) is 4.02. The zero-order valence-electron chi connectivity index (χ0n) is 21.3. The van der Waals surface area contributed by atoms with Crippen molar-refractivity contribution in [1.82, 2.24) is 5.43 Å². The van der Waals surface area contributed by atoms with Crippen LogP contribution in [0.1, 0.15) is 99.9 Å². The van der Waals surface area contributed by atoms with E-state index in [1.165, 1.54) is 57.8 Å². The number of unbranched alkanes of at least 4 members (excludes halogenated alkanes) is 10. The van der Waals surface area contributed by atoms with Gasteiger partial charge in [-0.1, -0.05) is 71.1 Å². The van der Waals surface area contributed by atoms with Crippen molar-refractivity contribution in [2.45, 2.75) is 84.0 Å². The molecule has 0 saturated heterocycles. The van der Waals surface area contributed by atoms with Crippen LogP contribution in [0, 0.1) is 0 Å². The molecular formula is C29H40N2O4. The van der Waals surface area contributed by atoms with Crippen molar-refractivity contribution in [2.75, 3.05) is 7.11 Å². The summed E-state index contributed by atoms with van der Waals surface area (Å²) in [7, 11) is 1.57. The summed E-state index contributed by atoms with van der Waals surface area (Å²) in [5.41, 5.74) is 3.82. The molecule has 6 nitrogen and oxygen atoms in total. The van der Waals surface area contributed by atoms with Crippen LogP contribution in [0.15, 0.2) is 53.6 Å². The van der Waals surface area contributed by atoms with Crippen LogP contribution in [0.2, 0.25) is 0 Å². The second-order valence-electron chi connectivity index (χ2n) is 8.77. The van der Waals surface area contributed by atoms with Gasteiger partial charge < -0.3 is 9.47 Å². The molecule has 6 heteroatoms. The van der Waals surface area contributed by atoms with E-state index < -0.39 is 5.97 Å². The third kappa shape index (κ3) is 12.2. The Hall–Kier alpha value is -3.15. The Bertz CT molecular complexity index is 892. The van der Waals surface area contributed by atoms with Gasteiger partial charge >= 0.3 is 5.97 Å². The molecule has 0 saturated carbocycles. The Kier molecular flexibility index (Phi) is 13.9. The highest BCUT2D eigenvalue weighted by atomic mass is 16.5. The first-order chi connectivity index (χ1) is 17.1. The Morgan fingerprint density at radius 3 is 1.89 bits per heavy atom. The van der Waals surface area contributed by atoms with E-state index >= 15 is 0 Å². The van der Waals surface area contributed by atoms with E-state index in [-0.39, 0.29) is 5.91 Å². The van der Waals surface area contributed by atoms with Crippen LogP contribution < -0.4 is 14.9 Å². The molecule has 0 aromatic heterocycles. The number of ether oxygens (including phenoxy) is 2. The highest BCUT2D eigenvalue weighted by Gasteiger charge is 2.08. The summed E-state index contributed by atoms with van der Waals surface area (Å²) < 4.78 is 10.5. The first kappa shape index (κ1) is 28.1. The minimum Gasteiger partial charge on any atom is -0.497 e. The van der Waals surface area contributed by atoms with Crippen LogP contribution in [-0.2, 0) is 4.79 Å². The molecule has 2 rings (SSSR count). The summed E-state index contributed by atoms with van der Waals surface area (Å²) in [6.45, 7) is 2.25. The van der Waals surface area contributed by atoms with E-state index in [9.17, 15) is 9.59 Å². The van der Waals surface area contributed by atoms with Gasteiger partial charge in [-0.25, -0.2) is 10.2 Å². The maximum atomic E-state index is 12.2. The number of rotatable bonds is 17. The lowest BCUT2D eigenvalue weighted by molar-refractivity contribution is -0.121. The van der Waals surface area contributed by atoms with Crippen molar-refractivity contribution >= 4 is 18.1 Å². The second kappa shape index (κ2) is 17.3. The van der Waals surface area contributed by atoms with E-state index in [0.717, 1.165) is 18.4 Å². The van der Waals surface area contributed by atoms with Gasteiger partial charge in [0.15, 0.2) is 0 Å². The van der Waals surface area contributed by atoms with Crippen LogP contribution in [0.25, 0.3) is 0 Å². The van der Waals surface area contributed by atoms with Crippen molar-refractivity contribution in [3.05, 3.63) is 59.7 Å². The fraction of sp³-hybridized carbons (Fsp3) is 0.483. The van der Waals surface area contributed by atoms with E-state index in [4.69, 9.17) is 9.47 Å². The van der Waals surface area contributed by atoms with Gasteiger partial charge in [-0.15, -0.1) is 0 Å². The van der Waals surface area contributed by atoms with E-state index in [0.29, 0.717) is 23.5 Å². The zero-order chi connectivity index (χ0) is 25.1. The largest absolute Gasteiger partial charge is 0.497 e. The Morgan fingerprint density at radius 1 is 0.771 bits per heavy atom. The fourth-order valence-corrected chi connectivity index (χ4v) is 3.70. The quantitative estimate of drug-likeness (QED) is 0.0864. The molecule has 0 heterocycles. The van der Waals surface area contributed by atoms with Crippen molar-refractivity contribution in [3.63, 3.8) is 0 Å². The highest BCUT2D eigenvalue weighted by molar-refractivity contribution is 5.91. The number of hydrogen-bond donors (Lipinski definition) is 1. The number of carbonyl (C=O) groups excluding carboxylic acids is 2. The Labute approximate surface area is 210 Å². The molecule has 1 N–H and O–H groups in total. The number of nitrogens with one attached hydrogen (secondary N) is 1. The maximum absolute atomic E-state index is 12.2. The van der Waals surface area contributed by atoms with Gasteiger partial charge in [-0.3, -0.25) is 4.79 Å². The normalized spacial score (nSPS) is 10.9. The molecule has 0 unspecified atom stereocenters. The molecule has 0 aliphatic carbocycles.